The van der Waals surface area contributed by atoms with Gasteiger partial charge in [-0.1, -0.05) is 63.9 Å². The average Bonchev–Trinajstić information content (AvgIpc) is 2.32. The van der Waals surface area contributed by atoms with E-state index in [1.165, 1.54) is 16.7 Å². The summed E-state index contributed by atoms with van der Waals surface area (Å²) in [6.07, 6.45) is 1.04. The van der Waals surface area contributed by atoms with Gasteiger partial charge in [0, 0.05) is 10.4 Å². The van der Waals surface area contributed by atoms with Crippen molar-refractivity contribution in [2.24, 2.45) is 0 Å². The average molecular weight is 296 g/mol. The van der Waals surface area contributed by atoms with Crippen LogP contribution < -0.4 is 0 Å². The molecule has 0 atom stereocenters. The Balaban J connectivity index is 2.42. The van der Waals surface area contributed by atoms with Crippen molar-refractivity contribution in [3.63, 3.8) is 0 Å². The van der Waals surface area contributed by atoms with E-state index in [1.54, 1.807) is 0 Å². The van der Waals surface area contributed by atoms with Gasteiger partial charge in [-0.05, 0) is 35.2 Å². The number of aryl methyl sites for hydroxylation is 1. The van der Waals surface area contributed by atoms with E-state index in [1.807, 2.05) is 12.1 Å². The Morgan fingerprint density at radius 2 is 1.62 bits per heavy atom. The second-order valence-corrected chi connectivity index (χ2v) is 4.83. The van der Waals surface area contributed by atoms with E-state index in [4.69, 9.17) is 11.6 Å². The van der Waals surface area contributed by atoms with Crippen molar-refractivity contribution in [1.82, 2.24) is 0 Å². The van der Waals surface area contributed by atoms with E-state index >= 15 is 0 Å². The zero-order valence-electron chi connectivity index (χ0n) is 8.79. The molecular weight excluding hydrogens is 284 g/mol. The molecule has 0 saturated heterocycles. The first kappa shape index (κ1) is 11.7. The lowest BCUT2D eigenvalue weighted by molar-refractivity contribution is 1.17. The molecule has 0 aromatic heterocycles. The third kappa shape index (κ3) is 2.66. The molecule has 82 valence electrons. The number of hydrogen-bond acceptors (Lipinski definition) is 0. The summed E-state index contributed by atoms with van der Waals surface area (Å²) in [7, 11) is 0. The van der Waals surface area contributed by atoms with E-state index in [-0.39, 0.29) is 0 Å². The number of hydrogen-bond donors (Lipinski definition) is 0. The van der Waals surface area contributed by atoms with Gasteiger partial charge in [0.05, 0.1) is 0 Å². The minimum atomic E-state index is 0.779. The van der Waals surface area contributed by atoms with Gasteiger partial charge in [0.2, 0.25) is 0 Å². The predicted molar refractivity (Wildman–Crippen MR) is 74.4 cm³/mol. The van der Waals surface area contributed by atoms with Crippen LogP contribution in [-0.4, -0.2) is 5.33 Å². The molecule has 0 heterocycles. The summed E-state index contributed by atoms with van der Waals surface area (Å²) < 4.78 is 0. The minimum Gasteiger partial charge on any atom is -0.0924 e. The minimum absolute atomic E-state index is 0.779. The van der Waals surface area contributed by atoms with Gasteiger partial charge < -0.3 is 0 Å². The van der Waals surface area contributed by atoms with Crippen LogP contribution in [0.25, 0.3) is 11.1 Å². The zero-order chi connectivity index (χ0) is 11.4. The summed E-state index contributed by atoms with van der Waals surface area (Å²) in [4.78, 5) is 0. The van der Waals surface area contributed by atoms with Gasteiger partial charge in [-0.15, -0.1) is 0 Å². The monoisotopic (exact) mass is 294 g/mol. The van der Waals surface area contributed by atoms with Gasteiger partial charge in [0.15, 0.2) is 0 Å². The van der Waals surface area contributed by atoms with Gasteiger partial charge >= 0.3 is 0 Å². The Morgan fingerprint density at radius 1 is 0.938 bits per heavy atom. The van der Waals surface area contributed by atoms with Crippen LogP contribution in [0.3, 0.4) is 0 Å². The molecule has 0 aliphatic heterocycles. The lowest BCUT2D eigenvalue weighted by Crippen LogP contribution is -1.90. The highest BCUT2D eigenvalue weighted by Gasteiger charge is 2.03. The van der Waals surface area contributed by atoms with Crippen molar-refractivity contribution < 1.29 is 0 Å². The molecule has 0 saturated carbocycles. The van der Waals surface area contributed by atoms with Gasteiger partial charge in [-0.2, -0.15) is 0 Å². The van der Waals surface area contributed by atoms with Crippen LogP contribution in [-0.2, 0) is 6.42 Å². The van der Waals surface area contributed by atoms with Crippen LogP contribution >= 0.6 is 27.5 Å². The van der Waals surface area contributed by atoms with E-state index < -0.39 is 0 Å². The molecule has 0 bridgehead atoms. The number of alkyl halides is 1. The number of rotatable bonds is 3. The number of benzene rings is 2. The summed E-state index contributed by atoms with van der Waals surface area (Å²) >= 11 is 9.38. The molecule has 2 rings (SSSR count). The largest absolute Gasteiger partial charge is 0.0924 e. The molecule has 0 aliphatic carbocycles. The Hall–Kier alpha value is -0.790. The maximum Gasteiger partial charge on any atom is 0.0406 e. The topological polar surface area (TPSA) is 0 Å². The van der Waals surface area contributed by atoms with Crippen LogP contribution in [0.2, 0.25) is 5.02 Å². The van der Waals surface area contributed by atoms with Gasteiger partial charge in [-0.3, -0.25) is 0 Å². The first-order valence-electron chi connectivity index (χ1n) is 5.21. The van der Waals surface area contributed by atoms with Gasteiger partial charge in [0.25, 0.3) is 0 Å². The maximum absolute atomic E-state index is 5.89. The van der Waals surface area contributed by atoms with E-state index in [0.29, 0.717) is 0 Å². The van der Waals surface area contributed by atoms with Crippen molar-refractivity contribution in [3.05, 3.63) is 59.1 Å². The van der Waals surface area contributed by atoms with Crippen LogP contribution in [0.5, 0.6) is 0 Å². The molecule has 2 aromatic rings. The highest BCUT2D eigenvalue weighted by Crippen LogP contribution is 2.25. The Bertz CT molecular complexity index is 462. The van der Waals surface area contributed by atoms with Crippen molar-refractivity contribution in [2.75, 3.05) is 5.33 Å². The Kier molecular flexibility index (Phi) is 4.03. The summed E-state index contributed by atoms with van der Waals surface area (Å²) in [5.41, 5.74) is 3.88. The standard InChI is InChI=1S/C14H12BrCl/c15-10-9-11-3-1-2-4-14(11)12-5-7-13(16)8-6-12/h1-8H,9-10H2. The molecule has 0 unspecified atom stereocenters. The number of halogens is 2. The van der Waals surface area contributed by atoms with Crippen molar-refractivity contribution in [1.29, 1.82) is 0 Å². The molecular formula is C14H12BrCl. The van der Waals surface area contributed by atoms with Crippen LogP contribution in [0, 0.1) is 0 Å². The molecule has 0 fully saturated rings. The fourth-order valence-electron chi connectivity index (χ4n) is 1.75. The second kappa shape index (κ2) is 5.51. The molecule has 0 amide bonds. The highest BCUT2D eigenvalue weighted by atomic mass is 79.9. The smallest absolute Gasteiger partial charge is 0.0406 e. The maximum atomic E-state index is 5.89. The first-order chi connectivity index (χ1) is 7.81. The Morgan fingerprint density at radius 3 is 2.31 bits per heavy atom. The van der Waals surface area contributed by atoms with Crippen molar-refractivity contribution in [2.45, 2.75) is 6.42 Å². The molecule has 0 aliphatic rings. The SMILES string of the molecule is Clc1ccc(-c2ccccc2CCBr)cc1. The fraction of sp³-hybridized carbons (Fsp3) is 0.143. The van der Waals surface area contributed by atoms with E-state index in [2.05, 4.69) is 52.3 Å². The molecule has 0 spiro atoms. The van der Waals surface area contributed by atoms with Gasteiger partial charge in [-0.25, -0.2) is 0 Å². The highest BCUT2D eigenvalue weighted by molar-refractivity contribution is 9.09. The molecule has 16 heavy (non-hydrogen) atoms. The predicted octanol–water partition coefficient (Wildman–Crippen LogP) is 4.94. The molecule has 0 radical (unpaired) electrons. The van der Waals surface area contributed by atoms with E-state index in [9.17, 15) is 0 Å². The first-order valence-corrected chi connectivity index (χ1v) is 6.71. The quantitative estimate of drug-likeness (QED) is 0.703. The summed E-state index contributed by atoms with van der Waals surface area (Å²) in [6, 6.07) is 16.5. The molecule has 2 heteroatoms. The molecule has 0 N–H and O–H groups in total. The normalized spacial score (nSPS) is 10.4. The Labute approximate surface area is 109 Å². The van der Waals surface area contributed by atoms with Crippen molar-refractivity contribution in [3.8, 4) is 11.1 Å². The second-order valence-electron chi connectivity index (χ2n) is 3.60. The summed E-state index contributed by atoms with van der Waals surface area (Å²) in [5, 5.41) is 1.76. The lowest BCUT2D eigenvalue weighted by Gasteiger charge is -2.08. The van der Waals surface area contributed by atoms with Crippen LogP contribution in [0.4, 0.5) is 0 Å². The van der Waals surface area contributed by atoms with Crippen molar-refractivity contribution >= 4 is 27.5 Å². The van der Waals surface area contributed by atoms with Crippen LogP contribution in [0.1, 0.15) is 5.56 Å². The van der Waals surface area contributed by atoms with E-state index in [0.717, 1.165) is 16.8 Å². The summed E-state index contributed by atoms with van der Waals surface area (Å²) in [6.45, 7) is 0. The lowest BCUT2D eigenvalue weighted by atomic mass is 9.98. The third-order valence-corrected chi connectivity index (χ3v) is 3.18. The fourth-order valence-corrected chi connectivity index (χ4v) is 2.30. The van der Waals surface area contributed by atoms with Crippen LogP contribution in [0.15, 0.2) is 48.5 Å². The zero-order valence-corrected chi connectivity index (χ0v) is 11.1. The molecule has 2 aromatic carbocycles. The molecule has 0 nitrogen and oxygen atoms in total. The van der Waals surface area contributed by atoms with Gasteiger partial charge in [0.1, 0.15) is 0 Å². The third-order valence-electron chi connectivity index (χ3n) is 2.54. The summed E-state index contributed by atoms with van der Waals surface area (Å²) in [5.74, 6) is 0.